The lowest BCUT2D eigenvalue weighted by Crippen LogP contribution is -2.59. The maximum atomic E-state index is 14.3. The highest BCUT2D eigenvalue weighted by molar-refractivity contribution is 8.14. The Balaban J connectivity index is 2.08. The number of ether oxygens (including phenoxy) is 2. The summed E-state index contributed by atoms with van der Waals surface area (Å²) in [5.41, 5.74) is 0.726. The molecule has 0 radical (unpaired) electrons. The molecule has 3 rings (SSSR count). The second-order valence-corrected chi connectivity index (χ2v) is 18.6. The van der Waals surface area contributed by atoms with Crippen molar-refractivity contribution < 1.29 is 38.6 Å². The van der Waals surface area contributed by atoms with Crippen LogP contribution in [-0.4, -0.2) is 131 Å². The molecule has 2 aliphatic heterocycles. The predicted octanol–water partition coefficient (Wildman–Crippen LogP) is 5.13. The van der Waals surface area contributed by atoms with Gasteiger partial charge in [0.1, 0.15) is 36.0 Å². The number of esters is 1. The summed E-state index contributed by atoms with van der Waals surface area (Å²) in [6.45, 7) is 18.7. The molecule has 0 spiro atoms. The predicted molar refractivity (Wildman–Crippen MR) is 229 cm³/mol. The Morgan fingerprint density at radius 3 is 2.10 bits per heavy atom. The van der Waals surface area contributed by atoms with Crippen molar-refractivity contribution in [3.05, 3.63) is 41.5 Å². The summed E-state index contributed by atoms with van der Waals surface area (Å²) in [6.07, 6.45) is 2.23. The van der Waals surface area contributed by atoms with Gasteiger partial charge in [-0.3, -0.25) is 24.2 Å². The second kappa shape index (κ2) is 20.9. The lowest BCUT2D eigenvalue weighted by atomic mass is 9.81. The highest BCUT2D eigenvalue weighted by atomic mass is 32.2. The minimum Gasteiger partial charge on any atom is -0.497 e. The van der Waals surface area contributed by atoms with Crippen LogP contribution >= 0.6 is 11.8 Å². The van der Waals surface area contributed by atoms with Crippen LogP contribution in [0.5, 0.6) is 5.75 Å². The number of carbonyl (C=O) groups excluding carboxylic acids is 5. The molecule has 0 saturated carbocycles. The summed E-state index contributed by atoms with van der Waals surface area (Å²) in [6, 6.07) is 2.92. The van der Waals surface area contributed by atoms with Gasteiger partial charge in [0, 0.05) is 44.8 Å². The van der Waals surface area contributed by atoms with Gasteiger partial charge in [-0.05, 0) is 68.6 Å². The lowest BCUT2D eigenvalue weighted by molar-refractivity contribution is -0.166. The number of methoxy groups -OCH3 is 1. The molecule has 0 saturated heterocycles. The fourth-order valence-corrected chi connectivity index (χ4v) is 8.38. The molecule has 58 heavy (non-hydrogen) atoms. The number of aliphatic hydroxyl groups excluding tert-OH is 1. The number of nitrogens with one attached hydrogen (secondary N) is 1. The monoisotopic (exact) mass is 827 g/mol. The number of benzene rings is 1. The Kier molecular flexibility index (Phi) is 17.4. The number of fused-ring (bicyclic) bond motifs is 1. The minimum atomic E-state index is -1.04. The van der Waals surface area contributed by atoms with Crippen LogP contribution in [0, 0.1) is 23.2 Å². The van der Waals surface area contributed by atoms with Crippen LogP contribution in [0.25, 0.3) is 0 Å². The Hall–Kier alpha value is -3.91. The van der Waals surface area contributed by atoms with Gasteiger partial charge in [0.15, 0.2) is 0 Å². The van der Waals surface area contributed by atoms with E-state index in [-0.39, 0.29) is 30.2 Å². The zero-order valence-electron chi connectivity index (χ0n) is 37.2. The Morgan fingerprint density at radius 1 is 0.931 bits per heavy atom. The number of aliphatic imine (C=N–C) groups is 1. The van der Waals surface area contributed by atoms with Crippen LogP contribution in [0.15, 0.2) is 40.9 Å². The van der Waals surface area contributed by atoms with Crippen molar-refractivity contribution >= 4 is 46.4 Å². The number of rotatable bonds is 5. The van der Waals surface area contributed by atoms with Gasteiger partial charge >= 0.3 is 5.97 Å². The van der Waals surface area contributed by atoms with E-state index in [4.69, 9.17) is 14.5 Å². The second-order valence-electron chi connectivity index (χ2n) is 17.5. The summed E-state index contributed by atoms with van der Waals surface area (Å²) >= 11 is 1.55. The zero-order chi connectivity index (χ0) is 43.8. The van der Waals surface area contributed by atoms with Crippen LogP contribution in [0.1, 0.15) is 94.1 Å². The number of thioether (sulfide) groups is 1. The molecule has 2 N–H and O–H groups in total. The molecule has 0 aliphatic carbocycles. The molecule has 14 heteroatoms. The highest BCUT2D eigenvalue weighted by Crippen LogP contribution is 2.33. The van der Waals surface area contributed by atoms with Crippen LogP contribution < -0.4 is 10.1 Å². The van der Waals surface area contributed by atoms with Gasteiger partial charge in [-0.15, -0.1) is 11.8 Å². The van der Waals surface area contributed by atoms with Crippen LogP contribution in [0.3, 0.4) is 0 Å². The standard InChI is InChI=1S/C44H69N5O8S/c1-15-26(3)37-42(54)48(12)30(7)43(55)57-36(44(8,9)10)21-25(2)20-35(50)28(5)39-45-32(24-58-39)22-27(4)38(51)46-34(23-31-16-18-33(56-14)19-17-31)41(53)47(11)29(6)40(52)49(37)13/h16-19,22,25-26,28-30,32,34-37,50H,15,20-21,23-24H2,1-14H3,(H,46,51)/b27-22+/t25-,26+,28-,29-,30-,32-,34-,35-,36-,37?/m0/s1. The Bertz CT molecular complexity index is 1680. The molecule has 0 aromatic heterocycles. The van der Waals surface area contributed by atoms with Gasteiger partial charge in [0.05, 0.1) is 24.3 Å². The van der Waals surface area contributed by atoms with E-state index in [0.29, 0.717) is 36.3 Å². The van der Waals surface area contributed by atoms with Crippen LogP contribution in [0.4, 0.5) is 0 Å². The van der Waals surface area contributed by atoms with E-state index in [0.717, 1.165) is 10.6 Å². The first-order valence-electron chi connectivity index (χ1n) is 20.5. The van der Waals surface area contributed by atoms with Crippen molar-refractivity contribution in [3.8, 4) is 5.75 Å². The average Bonchev–Trinajstić information content (AvgIpc) is 3.65. The molecule has 2 heterocycles. The number of aliphatic hydroxyl groups is 1. The lowest BCUT2D eigenvalue weighted by Gasteiger charge is -2.39. The number of amides is 4. The molecule has 10 atom stereocenters. The average molecular weight is 828 g/mol. The zero-order valence-corrected chi connectivity index (χ0v) is 38.0. The maximum absolute atomic E-state index is 14.3. The summed E-state index contributed by atoms with van der Waals surface area (Å²) in [5, 5.41) is 15.1. The van der Waals surface area contributed by atoms with E-state index in [1.165, 1.54) is 28.8 Å². The molecular formula is C44H69N5O8S. The van der Waals surface area contributed by atoms with Gasteiger partial charge < -0.3 is 34.6 Å². The topological polar surface area (TPSA) is 158 Å². The van der Waals surface area contributed by atoms with E-state index >= 15 is 0 Å². The Morgan fingerprint density at radius 2 is 1.53 bits per heavy atom. The molecule has 0 fully saturated rings. The van der Waals surface area contributed by atoms with Crippen molar-refractivity contribution in [3.63, 3.8) is 0 Å². The van der Waals surface area contributed by atoms with Gasteiger partial charge in [0.25, 0.3) is 0 Å². The van der Waals surface area contributed by atoms with Gasteiger partial charge in [0.2, 0.25) is 23.6 Å². The SMILES string of the molecule is CC[C@@H](C)C1C(=O)N(C)[C@@H](C)C(=O)O[C@H](C(C)(C)C)C[C@@H](C)C[C@H](O)[C@H](C)C2=N[C@@H](/C=C(\C)C(=O)N[C@@H](Cc3ccc(OC)cc3)C(=O)N(C)[C@@H](C)C(=O)N1C)CS2. The van der Waals surface area contributed by atoms with E-state index in [2.05, 4.69) is 5.32 Å². The summed E-state index contributed by atoms with van der Waals surface area (Å²) in [5.74, 6) is -1.72. The summed E-state index contributed by atoms with van der Waals surface area (Å²) in [7, 11) is 6.16. The normalized spacial score (nSPS) is 31.1. The van der Waals surface area contributed by atoms with E-state index in [9.17, 15) is 29.1 Å². The molecule has 1 unspecified atom stereocenters. The molecular weight excluding hydrogens is 759 g/mol. The van der Waals surface area contributed by atoms with E-state index < -0.39 is 71.4 Å². The first-order chi connectivity index (χ1) is 27.0. The first kappa shape index (κ1) is 48.5. The van der Waals surface area contributed by atoms with Gasteiger partial charge in [-0.25, -0.2) is 4.79 Å². The number of cyclic esters (lactones) is 1. The third-order valence-electron chi connectivity index (χ3n) is 11.9. The van der Waals surface area contributed by atoms with E-state index in [1.54, 1.807) is 64.9 Å². The van der Waals surface area contributed by atoms with Crippen molar-refractivity contribution in [1.29, 1.82) is 0 Å². The van der Waals surface area contributed by atoms with Gasteiger partial charge in [-0.1, -0.05) is 73.1 Å². The van der Waals surface area contributed by atoms with E-state index in [1.807, 2.05) is 60.6 Å². The number of hydrogen-bond acceptors (Lipinski definition) is 10. The fourth-order valence-electron chi connectivity index (χ4n) is 7.24. The van der Waals surface area contributed by atoms with Crippen molar-refractivity contribution in [2.24, 2.45) is 28.2 Å². The smallest absolute Gasteiger partial charge is 0.328 e. The van der Waals surface area contributed by atoms with Crippen LogP contribution in [-0.2, 0) is 35.1 Å². The van der Waals surface area contributed by atoms with Crippen molar-refractivity contribution in [2.45, 2.75) is 137 Å². The molecule has 13 nitrogen and oxygen atoms in total. The Labute approximate surface area is 350 Å². The minimum absolute atomic E-state index is 0.0182. The quantitative estimate of drug-likeness (QED) is 0.384. The molecule has 2 bridgehead atoms. The molecule has 1 aromatic rings. The number of hydrogen-bond donors (Lipinski definition) is 2. The first-order valence-corrected chi connectivity index (χ1v) is 21.5. The maximum Gasteiger partial charge on any atom is 0.328 e. The molecule has 4 amide bonds. The molecule has 2 aliphatic rings. The number of likely N-dealkylation sites (N-methyl/N-ethyl adjacent to an activating group) is 3. The highest BCUT2D eigenvalue weighted by Gasteiger charge is 2.41. The van der Waals surface area contributed by atoms with Crippen molar-refractivity contribution in [1.82, 2.24) is 20.0 Å². The van der Waals surface area contributed by atoms with Crippen LogP contribution in [0.2, 0.25) is 0 Å². The summed E-state index contributed by atoms with van der Waals surface area (Å²) in [4.78, 5) is 79.3. The van der Waals surface area contributed by atoms with Crippen molar-refractivity contribution in [2.75, 3.05) is 34.0 Å². The molecule has 324 valence electrons. The fraction of sp³-hybridized carbons (Fsp3) is 0.682. The van der Waals surface area contributed by atoms with Gasteiger partial charge in [-0.2, -0.15) is 0 Å². The number of nitrogens with zero attached hydrogens (tertiary/aromatic N) is 4. The third-order valence-corrected chi connectivity index (χ3v) is 13.2. The summed E-state index contributed by atoms with van der Waals surface area (Å²) < 4.78 is 11.5. The number of carbonyl (C=O) groups is 5. The molecule has 1 aromatic carbocycles. The third kappa shape index (κ3) is 12.3. The largest absolute Gasteiger partial charge is 0.497 e.